The SMILES string of the molecule is CCOC(=O)n1cc(-c2cccc(C(=O)N3CCc4cc(C=O)sc4-c4ccccc43)n2)c(C2CC2)n1. The lowest BCUT2D eigenvalue weighted by Gasteiger charge is -2.22. The summed E-state index contributed by atoms with van der Waals surface area (Å²) in [5.41, 5.74) is 5.26. The molecule has 1 fully saturated rings. The highest BCUT2D eigenvalue weighted by atomic mass is 32.1. The number of pyridine rings is 1. The van der Waals surface area contributed by atoms with Gasteiger partial charge < -0.3 is 9.64 Å². The second-order valence-corrected chi connectivity index (χ2v) is 10.2. The van der Waals surface area contributed by atoms with Crippen LogP contribution in [-0.4, -0.2) is 46.2 Å². The molecule has 4 heterocycles. The summed E-state index contributed by atoms with van der Waals surface area (Å²) in [6, 6.07) is 15.0. The van der Waals surface area contributed by atoms with Crippen molar-refractivity contribution >= 4 is 35.3 Å². The van der Waals surface area contributed by atoms with E-state index in [2.05, 4.69) is 5.10 Å². The molecule has 0 saturated heterocycles. The Labute approximate surface area is 217 Å². The van der Waals surface area contributed by atoms with Gasteiger partial charge in [-0.05, 0) is 56.0 Å². The van der Waals surface area contributed by atoms with Gasteiger partial charge in [0.1, 0.15) is 5.69 Å². The van der Waals surface area contributed by atoms with Gasteiger partial charge in [0.25, 0.3) is 5.91 Å². The molecule has 9 heteroatoms. The molecule has 0 N–H and O–H groups in total. The molecule has 4 aromatic rings. The van der Waals surface area contributed by atoms with Crippen LogP contribution in [0.4, 0.5) is 10.5 Å². The fourth-order valence-corrected chi connectivity index (χ4v) is 5.81. The smallest absolute Gasteiger partial charge is 0.434 e. The highest BCUT2D eigenvalue weighted by molar-refractivity contribution is 7.17. The first-order valence-electron chi connectivity index (χ1n) is 12.3. The Hall–Kier alpha value is -4.11. The molecule has 186 valence electrons. The van der Waals surface area contributed by atoms with Gasteiger partial charge in [-0.3, -0.25) is 9.59 Å². The van der Waals surface area contributed by atoms with Crippen LogP contribution in [0.15, 0.2) is 54.7 Å². The van der Waals surface area contributed by atoms with E-state index in [1.165, 1.54) is 16.0 Å². The Morgan fingerprint density at radius 2 is 1.97 bits per heavy atom. The first-order chi connectivity index (χ1) is 18.1. The monoisotopic (exact) mass is 512 g/mol. The standard InChI is InChI=1S/C28H24N4O4S/c1-2-36-28(35)32-15-21(25(30-32)17-10-11-17)22-7-5-8-23(29-22)27(34)31-13-12-18-14-19(16-33)37-26(18)20-6-3-4-9-24(20)31/h3-9,14-17H,2,10-13H2,1H3. The van der Waals surface area contributed by atoms with Crippen LogP contribution < -0.4 is 4.90 Å². The van der Waals surface area contributed by atoms with Gasteiger partial charge in [0.05, 0.1) is 28.6 Å². The van der Waals surface area contributed by atoms with Crippen molar-refractivity contribution in [3.63, 3.8) is 0 Å². The molecule has 1 amide bonds. The molecule has 0 spiro atoms. The van der Waals surface area contributed by atoms with Crippen LogP contribution in [0.2, 0.25) is 0 Å². The van der Waals surface area contributed by atoms with Crippen molar-refractivity contribution in [2.75, 3.05) is 18.1 Å². The number of carbonyl (C=O) groups excluding carboxylic acids is 3. The Morgan fingerprint density at radius 1 is 1.14 bits per heavy atom. The summed E-state index contributed by atoms with van der Waals surface area (Å²) in [6.45, 7) is 2.48. The second-order valence-electron chi connectivity index (χ2n) is 9.10. The maximum atomic E-state index is 13.8. The fourth-order valence-electron chi connectivity index (χ4n) is 4.75. The van der Waals surface area contributed by atoms with Crippen molar-refractivity contribution in [3.8, 4) is 21.7 Å². The molecule has 1 saturated carbocycles. The normalized spacial score (nSPS) is 14.5. The molecular formula is C28H24N4O4S. The number of amides is 1. The number of thiophene rings is 1. The molecule has 6 rings (SSSR count). The zero-order valence-electron chi connectivity index (χ0n) is 20.2. The molecule has 3 aromatic heterocycles. The van der Waals surface area contributed by atoms with E-state index in [0.717, 1.165) is 52.1 Å². The highest BCUT2D eigenvalue weighted by Crippen LogP contribution is 2.44. The second kappa shape index (κ2) is 9.40. The minimum atomic E-state index is -0.533. The average molecular weight is 513 g/mol. The number of para-hydroxylation sites is 1. The number of benzene rings is 1. The largest absolute Gasteiger partial charge is 0.448 e. The number of hydrogen-bond acceptors (Lipinski definition) is 7. The third-order valence-corrected chi connectivity index (χ3v) is 7.78. The molecular weight excluding hydrogens is 488 g/mol. The van der Waals surface area contributed by atoms with E-state index in [9.17, 15) is 14.4 Å². The number of anilines is 1. The number of aromatic nitrogens is 3. The number of carbonyl (C=O) groups is 3. The van der Waals surface area contributed by atoms with Gasteiger partial charge in [-0.25, -0.2) is 9.78 Å². The number of fused-ring (bicyclic) bond motifs is 3. The first kappa shape index (κ1) is 23.3. The van der Waals surface area contributed by atoms with Gasteiger partial charge in [-0.15, -0.1) is 11.3 Å². The Kier molecular flexibility index (Phi) is 5.92. The van der Waals surface area contributed by atoms with Gasteiger partial charge >= 0.3 is 6.09 Å². The van der Waals surface area contributed by atoms with Crippen molar-refractivity contribution in [3.05, 3.63) is 76.6 Å². The van der Waals surface area contributed by atoms with Crippen LogP contribution in [0.25, 0.3) is 21.7 Å². The molecule has 0 radical (unpaired) electrons. The van der Waals surface area contributed by atoms with Crippen LogP contribution >= 0.6 is 11.3 Å². The van der Waals surface area contributed by atoms with Gasteiger partial charge in [0.2, 0.25) is 0 Å². The van der Waals surface area contributed by atoms with Gasteiger partial charge in [-0.1, -0.05) is 24.3 Å². The molecule has 37 heavy (non-hydrogen) atoms. The van der Waals surface area contributed by atoms with E-state index in [1.54, 1.807) is 24.1 Å². The summed E-state index contributed by atoms with van der Waals surface area (Å²) in [7, 11) is 0. The molecule has 0 atom stereocenters. The van der Waals surface area contributed by atoms with Crippen LogP contribution in [0.1, 0.15) is 57.1 Å². The van der Waals surface area contributed by atoms with E-state index >= 15 is 0 Å². The molecule has 1 aliphatic heterocycles. The van der Waals surface area contributed by atoms with Crippen molar-refractivity contribution in [1.82, 2.24) is 14.8 Å². The maximum absolute atomic E-state index is 13.8. The Bertz CT molecular complexity index is 1530. The summed E-state index contributed by atoms with van der Waals surface area (Å²) in [4.78, 5) is 45.7. The molecule has 0 unspecified atom stereocenters. The molecule has 1 aromatic carbocycles. The topological polar surface area (TPSA) is 94.4 Å². The minimum Gasteiger partial charge on any atom is -0.448 e. The number of hydrogen-bond donors (Lipinski definition) is 0. The fraction of sp³-hybridized carbons (Fsp3) is 0.250. The first-order valence-corrected chi connectivity index (χ1v) is 13.1. The van der Waals surface area contributed by atoms with Crippen LogP contribution in [0.5, 0.6) is 0 Å². The summed E-state index contributed by atoms with van der Waals surface area (Å²) in [5.74, 6) is 0.0745. The van der Waals surface area contributed by atoms with Crippen molar-refractivity contribution in [2.24, 2.45) is 0 Å². The van der Waals surface area contributed by atoms with E-state index in [4.69, 9.17) is 9.72 Å². The average Bonchev–Trinajstić information content (AvgIpc) is 3.57. The summed E-state index contributed by atoms with van der Waals surface area (Å²) in [5, 5.41) is 4.49. The molecule has 0 bridgehead atoms. The van der Waals surface area contributed by atoms with Crippen molar-refractivity contribution in [1.29, 1.82) is 0 Å². The van der Waals surface area contributed by atoms with E-state index in [-0.39, 0.29) is 18.4 Å². The van der Waals surface area contributed by atoms with Crippen molar-refractivity contribution < 1.29 is 19.1 Å². The predicted molar refractivity (Wildman–Crippen MR) is 140 cm³/mol. The van der Waals surface area contributed by atoms with Crippen molar-refractivity contribution in [2.45, 2.75) is 32.1 Å². The molecule has 1 aliphatic carbocycles. The van der Waals surface area contributed by atoms with Crippen LogP contribution in [0, 0.1) is 0 Å². The quantitative estimate of drug-likeness (QED) is 0.325. The summed E-state index contributed by atoms with van der Waals surface area (Å²) < 4.78 is 6.34. The zero-order chi connectivity index (χ0) is 25.5. The third kappa shape index (κ3) is 4.25. The number of aldehydes is 1. The number of ether oxygens (including phenoxy) is 1. The Balaban J connectivity index is 1.36. The summed E-state index contributed by atoms with van der Waals surface area (Å²) >= 11 is 1.45. The van der Waals surface area contributed by atoms with Crippen LogP contribution in [0.3, 0.4) is 0 Å². The number of rotatable bonds is 5. The van der Waals surface area contributed by atoms with E-state index in [1.807, 2.05) is 42.5 Å². The highest BCUT2D eigenvalue weighted by Gasteiger charge is 2.32. The maximum Gasteiger partial charge on any atom is 0.434 e. The summed E-state index contributed by atoms with van der Waals surface area (Å²) in [6.07, 6.45) is 4.64. The van der Waals surface area contributed by atoms with Gasteiger partial charge in [0.15, 0.2) is 6.29 Å². The zero-order valence-corrected chi connectivity index (χ0v) is 21.0. The molecule has 8 nitrogen and oxygen atoms in total. The lowest BCUT2D eigenvalue weighted by Crippen LogP contribution is -2.33. The predicted octanol–water partition coefficient (Wildman–Crippen LogP) is 5.57. The lowest BCUT2D eigenvalue weighted by molar-refractivity contribution is 0.0982. The third-order valence-electron chi connectivity index (χ3n) is 6.64. The lowest BCUT2D eigenvalue weighted by atomic mass is 10.1. The molecule has 2 aliphatic rings. The van der Waals surface area contributed by atoms with Gasteiger partial charge in [-0.2, -0.15) is 9.78 Å². The Morgan fingerprint density at radius 3 is 2.76 bits per heavy atom. The van der Waals surface area contributed by atoms with Crippen LogP contribution in [-0.2, 0) is 11.2 Å². The number of nitrogens with zero attached hydrogens (tertiary/aromatic N) is 4. The van der Waals surface area contributed by atoms with E-state index < -0.39 is 6.09 Å². The van der Waals surface area contributed by atoms with Gasteiger partial charge in [0, 0.05) is 34.7 Å². The minimum absolute atomic E-state index is 0.203. The van der Waals surface area contributed by atoms with E-state index in [0.29, 0.717) is 29.2 Å².